The fraction of sp³-hybridized carbons (Fsp3) is 0.417. The number of methoxy groups -OCH3 is 1. The van der Waals surface area contributed by atoms with Crippen molar-refractivity contribution >= 4 is 29.3 Å². The zero-order valence-electron chi connectivity index (χ0n) is 11.2. The highest BCUT2D eigenvalue weighted by atomic mass is 16.5. The molecule has 1 N–H and O–H groups in total. The number of rotatable bonds is 5. The summed E-state index contributed by atoms with van der Waals surface area (Å²) in [5, 5.41) is 7.60. The molecule has 0 saturated heterocycles. The molecule has 0 fully saturated rings. The van der Waals surface area contributed by atoms with Crippen LogP contribution in [0.5, 0.6) is 0 Å². The van der Waals surface area contributed by atoms with Gasteiger partial charge >= 0.3 is 11.9 Å². The second-order valence-corrected chi connectivity index (χ2v) is 3.45. The Morgan fingerprint density at radius 3 is 1.32 bits per heavy atom. The van der Waals surface area contributed by atoms with Gasteiger partial charge < -0.3 is 9.84 Å². The van der Waals surface area contributed by atoms with Crippen LogP contribution in [-0.2, 0) is 28.7 Å². The van der Waals surface area contributed by atoms with E-state index in [1.807, 2.05) is 0 Å². The van der Waals surface area contributed by atoms with Crippen molar-refractivity contribution in [2.45, 2.75) is 20.8 Å². The minimum atomic E-state index is -2.27. The van der Waals surface area contributed by atoms with Crippen molar-refractivity contribution in [3.05, 3.63) is 12.7 Å². The summed E-state index contributed by atoms with van der Waals surface area (Å²) >= 11 is 0. The molecule has 0 saturated carbocycles. The van der Waals surface area contributed by atoms with E-state index in [4.69, 9.17) is 5.11 Å². The number of esters is 1. The van der Waals surface area contributed by atoms with E-state index in [0.29, 0.717) is 0 Å². The van der Waals surface area contributed by atoms with E-state index in [1.54, 1.807) is 0 Å². The predicted octanol–water partition coefficient (Wildman–Crippen LogP) is 0.170. The summed E-state index contributed by atoms with van der Waals surface area (Å²) in [6.45, 7) is 6.00. The van der Waals surface area contributed by atoms with E-state index >= 15 is 0 Å². The highest BCUT2D eigenvalue weighted by molar-refractivity contribution is 6.36. The first-order valence-electron chi connectivity index (χ1n) is 5.05. The second-order valence-electron chi connectivity index (χ2n) is 3.45. The molecule has 0 radical (unpaired) electrons. The van der Waals surface area contributed by atoms with Gasteiger partial charge in [0.15, 0.2) is 17.3 Å². The molecular weight excluding hydrogens is 256 g/mol. The highest BCUT2D eigenvalue weighted by Crippen LogP contribution is 2.23. The van der Waals surface area contributed by atoms with Crippen molar-refractivity contribution in [3.63, 3.8) is 0 Å². The number of ketones is 3. The third-order valence-corrected chi connectivity index (χ3v) is 2.25. The van der Waals surface area contributed by atoms with Gasteiger partial charge in [-0.05, 0) is 20.8 Å². The molecular formula is C12H16O7. The van der Waals surface area contributed by atoms with E-state index in [0.717, 1.165) is 34.0 Å². The van der Waals surface area contributed by atoms with Crippen LogP contribution >= 0.6 is 0 Å². The maximum absolute atomic E-state index is 11.3. The number of carboxylic acid groups (broad SMARTS) is 1. The predicted molar refractivity (Wildman–Crippen MR) is 64.3 cm³/mol. The van der Waals surface area contributed by atoms with Gasteiger partial charge in [-0.25, -0.2) is 4.79 Å². The molecule has 0 aromatic carbocycles. The van der Waals surface area contributed by atoms with E-state index < -0.39 is 34.7 Å². The summed E-state index contributed by atoms with van der Waals surface area (Å²) < 4.78 is 4.30. The van der Waals surface area contributed by atoms with Crippen LogP contribution in [0.4, 0.5) is 0 Å². The molecule has 0 aromatic rings. The molecule has 0 rings (SSSR count). The van der Waals surface area contributed by atoms with Gasteiger partial charge in [0.2, 0.25) is 5.41 Å². The SMILES string of the molecule is C=CC(=O)O.COC(=O)C(C(C)=O)(C(C)=O)C(C)=O. The summed E-state index contributed by atoms with van der Waals surface area (Å²) in [7, 11) is 1.02. The summed E-state index contributed by atoms with van der Waals surface area (Å²) in [5.41, 5.74) is -2.27. The maximum Gasteiger partial charge on any atom is 0.334 e. The average molecular weight is 272 g/mol. The zero-order valence-corrected chi connectivity index (χ0v) is 11.2. The number of hydrogen-bond acceptors (Lipinski definition) is 6. The molecule has 106 valence electrons. The summed E-state index contributed by atoms with van der Waals surface area (Å²) in [6, 6.07) is 0. The molecule has 7 heteroatoms. The molecule has 0 bridgehead atoms. The molecule has 19 heavy (non-hydrogen) atoms. The standard InChI is InChI=1S/C9H12O5.C3H4O2/c1-5(10)9(6(2)11,7(3)12)8(13)14-4;1-2-3(4)5/h1-4H3;2H,1H2,(H,4,5). The Morgan fingerprint density at radius 1 is 1.00 bits per heavy atom. The Kier molecular flexibility index (Phi) is 7.93. The molecule has 0 spiro atoms. The minimum absolute atomic E-state index is 0.815. The van der Waals surface area contributed by atoms with Crippen LogP contribution in [0.2, 0.25) is 0 Å². The molecule has 0 amide bonds. The first-order valence-corrected chi connectivity index (χ1v) is 5.05. The van der Waals surface area contributed by atoms with Crippen LogP contribution in [0, 0.1) is 5.41 Å². The van der Waals surface area contributed by atoms with Crippen LogP contribution in [0.25, 0.3) is 0 Å². The lowest BCUT2D eigenvalue weighted by Gasteiger charge is -2.21. The first kappa shape index (κ1) is 19.0. The van der Waals surface area contributed by atoms with Crippen molar-refractivity contribution in [1.29, 1.82) is 0 Å². The molecule has 0 aromatic heterocycles. The Hall–Kier alpha value is -2.31. The van der Waals surface area contributed by atoms with Gasteiger partial charge in [-0.1, -0.05) is 6.58 Å². The monoisotopic (exact) mass is 272 g/mol. The van der Waals surface area contributed by atoms with Gasteiger partial charge in [-0.15, -0.1) is 0 Å². The Morgan fingerprint density at radius 2 is 1.26 bits per heavy atom. The van der Waals surface area contributed by atoms with Crippen molar-refractivity contribution < 1.29 is 33.8 Å². The van der Waals surface area contributed by atoms with Gasteiger partial charge in [0.25, 0.3) is 0 Å². The number of Topliss-reactive ketones (excluding diaryl/α,β-unsaturated/α-hetero) is 3. The van der Waals surface area contributed by atoms with E-state index in [2.05, 4.69) is 11.3 Å². The van der Waals surface area contributed by atoms with Gasteiger partial charge in [-0.2, -0.15) is 0 Å². The van der Waals surface area contributed by atoms with Crippen LogP contribution in [0.1, 0.15) is 20.8 Å². The topological polar surface area (TPSA) is 115 Å². The number of carbonyl (C=O) groups excluding carboxylic acids is 4. The minimum Gasteiger partial charge on any atom is -0.478 e. The van der Waals surface area contributed by atoms with E-state index in [9.17, 15) is 24.0 Å². The maximum atomic E-state index is 11.3. The lowest BCUT2D eigenvalue weighted by atomic mass is 9.77. The van der Waals surface area contributed by atoms with Crippen molar-refractivity contribution in [1.82, 2.24) is 0 Å². The third-order valence-electron chi connectivity index (χ3n) is 2.25. The number of aliphatic carboxylic acids is 1. The Balaban J connectivity index is 0. The molecule has 0 atom stereocenters. The van der Waals surface area contributed by atoms with Crippen molar-refractivity contribution in [3.8, 4) is 0 Å². The summed E-state index contributed by atoms with van der Waals surface area (Å²) in [5.74, 6) is -4.55. The molecule has 0 aliphatic carbocycles. The lowest BCUT2D eigenvalue weighted by molar-refractivity contribution is -0.164. The molecule has 0 aliphatic heterocycles. The van der Waals surface area contributed by atoms with Crippen LogP contribution in [0.15, 0.2) is 12.7 Å². The van der Waals surface area contributed by atoms with Gasteiger partial charge in [0.05, 0.1) is 7.11 Å². The van der Waals surface area contributed by atoms with Crippen LogP contribution < -0.4 is 0 Å². The second kappa shape index (κ2) is 7.91. The number of hydrogen-bond donors (Lipinski definition) is 1. The van der Waals surface area contributed by atoms with Crippen molar-refractivity contribution in [2.75, 3.05) is 7.11 Å². The first-order chi connectivity index (χ1) is 8.58. The number of ether oxygens (including phenoxy) is 1. The number of carbonyl (C=O) groups is 5. The molecule has 7 nitrogen and oxygen atoms in total. The quantitative estimate of drug-likeness (QED) is 0.431. The number of carboxylic acids is 1. The fourth-order valence-corrected chi connectivity index (χ4v) is 1.33. The van der Waals surface area contributed by atoms with E-state index in [-0.39, 0.29) is 0 Å². The fourth-order valence-electron chi connectivity index (χ4n) is 1.33. The van der Waals surface area contributed by atoms with Crippen molar-refractivity contribution in [2.24, 2.45) is 5.41 Å². The lowest BCUT2D eigenvalue weighted by Crippen LogP contribution is -2.50. The summed E-state index contributed by atoms with van der Waals surface area (Å²) in [6.07, 6.45) is 0.833. The Labute approximate surface area is 110 Å². The van der Waals surface area contributed by atoms with Gasteiger partial charge in [0.1, 0.15) is 0 Å². The largest absolute Gasteiger partial charge is 0.478 e. The Bertz CT molecular complexity index is 384. The summed E-state index contributed by atoms with van der Waals surface area (Å²) in [4.78, 5) is 54.1. The average Bonchev–Trinajstić information content (AvgIpc) is 2.28. The molecule has 0 aliphatic rings. The normalized spacial score (nSPS) is 9.47. The van der Waals surface area contributed by atoms with Crippen LogP contribution in [0.3, 0.4) is 0 Å². The van der Waals surface area contributed by atoms with Crippen LogP contribution in [-0.4, -0.2) is 41.5 Å². The molecule has 0 heterocycles. The van der Waals surface area contributed by atoms with E-state index in [1.165, 1.54) is 0 Å². The molecule has 0 unspecified atom stereocenters. The zero-order chi connectivity index (χ0) is 15.8. The third kappa shape index (κ3) is 4.46. The smallest absolute Gasteiger partial charge is 0.334 e. The van der Waals surface area contributed by atoms with Gasteiger partial charge in [-0.3, -0.25) is 19.2 Å². The highest BCUT2D eigenvalue weighted by Gasteiger charge is 2.53. The van der Waals surface area contributed by atoms with Gasteiger partial charge in [0, 0.05) is 6.08 Å².